The van der Waals surface area contributed by atoms with Gasteiger partial charge in [0.25, 0.3) is 5.89 Å². The SMILES string of the molecule is BN1CCOCC(c2ccc(-c3ncno3)cc2)C1. The van der Waals surface area contributed by atoms with E-state index in [1.807, 2.05) is 12.1 Å². The highest BCUT2D eigenvalue weighted by molar-refractivity contribution is 6.04. The van der Waals surface area contributed by atoms with Crippen LogP contribution < -0.4 is 0 Å². The Bertz CT molecular complexity index is 515. The maximum absolute atomic E-state index is 5.65. The zero-order valence-electron chi connectivity index (χ0n) is 11.0. The van der Waals surface area contributed by atoms with Gasteiger partial charge in [0.1, 0.15) is 0 Å². The summed E-state index contributed by atoms with van der Waals surface area (Å²) in [5, 5.41) is 3.62. The average molecular weight is 257 g/mol. The van der Waals surface area contributed by atoms with Gasteiger partial charge in [-0.3, -0.25) is 0 Å². The molecular formula is C13H16BN3O2. The third kappa shape index (κ3) is 2.85. The van der Waals surface area contributed by atoms with E-state index < -0.39 is 0 Å². The Morgan fingerprint density at radius 2 is 2.11 bits per heavy atom. The third-order valence-electron chi connectivity index (χ3n) is 3.46. The Hall–Kier alpha value is -1.66. The summed E-state index contributed by atoms with van der Waals surface area (Å²) in [5.74, 6) is 0.977. The van der Waals surface area contributed by atoms with Crippen LogP contribution in [-0.2, 0) is 4.74 Å². The van der Waals surface area contributed by atoms with Gasteiger partial charge in [0.05, 0.1) is 13.2 Å². The molecule has 6 heteroatoms. The quantitative estimate of drug-likeness (QED) is 0.741. The molecule has 19 heavy (non-hydrogen) atoms. The van der Waals surface area contributed by atoms with Crippen LogP contribution in [0.5, 0.6) is 0 Å². The highest BCUT2D eigenvalue weighted by Gasteiger charge is 2.17. The largest absolute Gasteiger partial charge is 0.379 e. The molecule has 1 atom stereocenters. The number of benzene rings is 1. The van der Waals surface area contributed by atoms with Crippen molar-refractivity contribution in [1.82, 2.24) is 15.0 Å². The van der Waals surface area contributed by atoms with Crippen LogP contribution in [0.2, 0.25) is 0 Å². The van der Waals surface area contributed by atoms with Crippen LogP contribution in [0.15, 0.2) is 35.1 Å². The zero-order chi connectivity index (χ0) is 13.1. The van der Waals surface area contributed by atoms with Gasteiger partial charge in [-0.05, 0) is 24.2 Å². The predicted molar refractivity (Wildman–Crippen MR) is 73.4 cm³/mol. The van der Waals surface area contributed by atoms with Crippen LogP contribution >= 0.6 is 0 Å². The molecule has 1 aliphatic rings. The molecule has 1 aromatic carbocycles. The lowest BCUT2D eigenvalue weighted by Crippen LogP contribution is -2.26. The molecule has 0 spiro atoms. The summed E-state index contributed by atoms with van der Waals surface area (Å²) in [6.45, 7) is 3.62. The van der Waals surface area contributed by atoms with Gasteiger partial charge in [-0.1, -0.05) is 17.3 Å². The molecule has 2 aromatic rings. The van der Waals surface area contributed by atoms with E-state index in [-0.39, 0.29) is 0 Å². The summed E-state index contributed by atoms with van der Waals surface area (Å²) in [5.41, 5.74) is 2.24. The highest BCUT2D eigenvalue weighted by atomic mass is 16.5. The normalized spacial score (nSPS) is 21.2. The molecule has 3 rings (SSSR count). The number of ether oxygens (including phenoxy) is 1. The van der Waals surface area contributed by atoms with Gasteiger partial charge in [-0.2, -0.15) is 4.98 Å². The molecule has 0 radical (unpaired) electrons. The number of nitrogens with zero attached hydrogens (tertiary/aromatic N) is 3. The summed E-state index contributed by atoms with van der Waals surface area (Å²) >= 11 is 0. The van der Waals surface area contributed by atoms with Crippen molar-refractivity contribution >= 4 is 7.98 Å². The fourth-order valence-corrected chi connectivity index (χ4v) is 2.37. The van der Waals surface area contributed by atoms with Crippen LogP contribution in [0.4, 0.5) is 0 Å². The lowest BCUT2D eigenvalue weighted by Gasteiger charge is -2.19. The fraction of sp³-hybridized carbons (Fsp3) is 0.385. The fourth-order valence-electron chi connectivity index (χ4n) is 2.37. The van der Waals surface area contributed by atoms with Crippen LogP contribution in [0, 0.1) is 0 Å². The molecule has 2 heterocycles. The molecule has 0 saturated carbocycles. The Morgan fingerprint density at radius 1 is 1.26 bits per heavy atom. The number of aromatic nitrogens is 2. The van der Waals surface area contributed by atoms with Crippen LogP contribution in [-0.4, -0.2) is 49.2 Å². The molecule has 1 fully saturated rings. The van der Waals surface area contributed by atoms with Gasteiger partial charge in [-0.15, -0.1) is 0 Å². The van der Waals surface area contributed by atoms with Crippen molar-refractivity contribution in [2.45, 2.75) is 5.92 Å². The first kappa shape index (κ1) is 12.4. The van der Waals surface area contributed by atoms with Crippen LogP contribution in [0.25, 0.3) is 11.5 Å². The van der Waals surface area contributed by atoms with Crippen molar-refractivity contribution < 1.29 is 9.26 Å². The van der Waals surface area contributed by atoms with Crippen molar-refractivity contribution in [2.75, 3.05) is 26.3 Å². The van der Waals surface area contributed by atoms with Crippen molar-refractivity contribution in [3.63, 3.8) is 0 Å². The second-order valence-corrected chi connectivity index (χ2v) is 4.90. The first-order valence-electron chi connectivity index (χ1n) is 6.46. The van der Waals surface area contributed by atoms with E-state index in [0.717, 1.165) is 31.9 Å². The third-order valence-corrected chi connectivity index (χ3v) is 3.46. The molecule has 98 valence electrons. The standard InChI is InChI=1S/C13H16BN3O2/c14-17-5-6-18-8-12(7-17)10-1-3-11(4-2-10)13-15-9-16-19-13/h1-4,9,12H,5-8,14H2. The van der Waals surface area contributed by atoms with Crippen molar-refractivity contribution in [1.29, 1.82) is 0 Å². The number of rotatable bonds is 2. The Morgan fingerprint density at radius 3 is 2.84 bits per heavy atom. The number of hydrogen-bond acceptors (Lipinski definition) is 5. The molecule has 1 aliphatic heterocycles. The molecule has 0 amide bonds. The zero-order valence-corrected chi connectivity index (χ0v) is 11.0. The molecule has 0 N–H and O–H groups in total. The van der Waals surface area contributed by atoms with Gasteiger partial charge in [0.2, 0.25) is 0 Å². The first-order chi connectivity index (χ1) is 9.33. The van der Waals surface area contributed by atoms with E-state index in [0.29, 0.717) is 11.8 Å². The topological polar surface area (TPSA) is 51.4 Å². The van der Waals surface area contributed by atoms with Gasteiger partial charge in [0, 0.05) is 18.0 Å². The van der Waals surface area contributed by atoms with E-state index >= 15 is 0 Å². The van der Waals surface area contributed by atoms with Crippen molar-refractivity contribution in [3.8, 4) is 11.5 Å². The molecular weight excluding hydrogens is 241 g/mol. The Labute approximate surface area is 113 Å². The summed E-state index contributed by atoms with van der Waals surface area (Å²) < 4.78 is 10.7. The minimum atomic E-state index is 0.421. The first-order valence-corrected chi connectivity index (χ1v) is 6.46. The second-order valence-electron chi connectivity index (χ2n) is 4.90. The Kier molecular flexibility index (Phi) is 3.61. The molecule has 1 saturated heterocycles. The van der Waals surface area contributed by atoms with E-state index in [2.05, 4.69) is 35.1 Å². The summed E-state index contributed by atoms with van der Waals surface area (Å²) in [7, 11) is 2.13. The van der Waals surface area contributed by atoms with Gasteiger partial charge in [0.15, 0.2) is 14.3 Å². The van der Waals surface area contributed by atoms with Crippen molar-refractivity contribution in [2.24, 2.45) is 0 Å². The van der Waals surface area contributed by atoms with E-state index in [4.69, 9.17) is 9.26 Å². The number of hydrogen-bond donors (Lipinski definition) is 0. The summed E-state index contributed by atoms with van der Waals surface area (Å²) in [6, 6.07) is 8.28. The Balaban J connectivity index is 1.78. The smallest absolute Gasteiger partial charge is 0.257 e. The molecule has 5 nitrogen and oxygen atoms in total. The monoisotopic (exact) mass is 257 g/mol. The van der Waals surface area contributed by atoms with E-state index in [1.165, 1.54) is 11.9 Å². The molecule has 1 aromatic heterocycles. The molecule has 1 unspecified atom stereocenters. The minimum absolute atomic E-state index is 0.421. The highest BCUT2D eigenvalue weighted by Crippen LogP contribution is 2.23. The summed E-state index contributed by atoms with van der Waals surface area (Å²) in [6.07, 6.45) is 1.41. The summed E-state index contributed by atoms with van der Waals surface area (Å²) in [4.78, 5) is 6.35. The van der Waals surface area contributed by atoms with E-state index in [9.17, 15) is 0 Å². The maximum Gasteiger partial charge on any atom is 0.257 e. The maximum atomic E-state index is 5.65. The lowest BCUT2D eigenvalue weighted by atomic mass is 9.97. The van der Waals surface area contributed by atoms with Crippen LogP contribution in [0.3, 0.4) is 0 Å². The van der Waals surface area contributed by atoms with Gasteiger partial charge >= 0.3 is 0 Å². The predicted octanol–water partition coefficient (Wildman–Crippen LogP) is 0.700. The molecule has 0 bridgehead atoms. The lowest BCUT2D eigenvalue weighted by molar-refractivity contribution is 0.139. The van der Waals surface area contributed by atoms with Crippen LogP contribution in [0.1, 0.15) is 11.5 Å². The minimum Gasteiger partial charge on any atom is -0.379 e. The van der Waals surface area contributed by atoms with E-state index in [1.54, 1.807) is 0 Å². The van der Waals surface area contributed by atoms with Gasteiger partial charge in [-0.25, -0.2) is 0 Å². The van der Waals surface area contributed by atoms with Gasteiger partial charge < -0.3 is 14.1 Å². The molecule has 0 aliphatic carbocycles. The second kappa shape index (κ2) is 5.55. The van der Waals surface area contributed by atoms with Crippen molar-refractivity contribution in [3.05, 3.63) is 36.2 Å². The average Bonchev–Trinajstić information content (AvgIpc) is 2.88.